The molecule has 0 fully saturated rings. The molecule has 0 saturated heterocycles. The van der Waals surface area contributed by atoms with Gasteiger partial charge in [0.15, 0.2) is 0 Å². The summed E-state index contributed by atoms with van der Waals surface area (Å²) in [5.41, 5.74) is 5.61. The van der Waals surface area contributed by atoms with E-state index in [0.29, 0.717) is 0 Å². The summed E-state index contributed by atoms with van der Waals surface area (Å²) in [6.45, 7) is 4.43. The predicted octanol–water partition coefficient (Wildman–Crippen LogP) is 5.41. The Balaban J connectivity index is 2.05. The summed E-state index contributed by atoms with van der Waals surface area (Å²) in [4.78, 5) is 0. The van der Waals surface area contributed by atoms with Gasteiger partial charge in [-0.25, -0.2) is 0 Å². The Labute approximate surface area is 108 Å². The molecule has 1 aliphatic rings. The Morgan fingerprint density at radius 1 is 1.00 bits per heavy atom. The number of rotatable bonds is 2. The van der Waals surface area contributed by atoms with Gasteiger partial charge >= 0.3 is 0 Å². The maximum atomic E-state index is 5.85. The summed E-state index contributed by atoms with van der Waals surface area (Å²) in [6, 6.07) is 7.92. The van der Waals surface area contributed by atoms with Gasteiger partial charge in [0.2, 0.25) is 0 Å². The lowest BCUT2D eigenvalue weighted by Crippen LogP contribution is -1.93. The average molecular weight is 245 g/mol. The van der Waals surface area contributed by atoms with Crippen LogP contribution in [0.1, 0.15) is 32.3 Å². The third-order valence-corrected chi connectivity index (χ3v) is 3.48. The molecule has 88 valence electrons. The maximum Gasteiger partial charge on any atom is 0.0406 e. The van der Waals surface area contributed by atoms with Crippen LogP contribution in [0.3, 0.4) is 0 Å². The first-order valence-electron chi connectivity index (χ1n) is 5.93. The fourth-order valence-corrected chi connectivity index (χ4v) is 2.02. The van der Waals surface area contributed by atoms with E-state index in [1.54, 1.807) is 0 Å². The molecule has 0 spiro atoms. The molecule has 0 radical (unpaired) electrons. The first-order valence-corrected chi connectivity index (χ1v) is 6.31. The van der Waals surface area contributed by atoms with Crippen molar-refractivity contribution in [1.29, 1.82) is 0 Å². The van der Waals surface area contributed by atoms with E-state index >= 15 is 0 Å². The zero-order valence-electron chi connectivity index (χ0n) is 10.3. The lowest BCUT2D eigenvalue weighted by Gasteiger charge is -2.13. The van der Waals surface area contributed by atoms with Crippen LogP contribution in [-0.2, 0) is 0 Å². The van der Waals surface area contributed by atoms with E-state index in [2.05, 4.69) is 32.1 Å². The van der Waals surface area contributed by atoms with Crippen molar-refractivity contribution >= 4 is 17.7 Å². The molecule has 2 rings (SSSR count). The van der Waals surface area contributed by atoms with Gasteiger partial charge in [-0.1, -0.05) is 53.1 Å². The summed E-state index contributed by atoms with van der Waals surface area (Å²) in [7, 11) is 0. The van der Waals surface area contributed by atoms with Crippen LogP contribution in [0.15, 0.2) is 53.1 Å². The molecule has 0 atom stereocenters. The topological polar surface area (TPSA) is 0 Å². The van der Waals surface area contributed by atoms with Gasteiger partial charge in [-0.3, -0.25) is 0 Å². The van der Waals surface area contributed by atoms with Gasteiger partial charge < -0.3 is 0 Å². The van der Waals surface area contributed by atoms with Crippen molar-refractivity contribution in [3.05, 3.63) is 63.7 Å². The first-order chi connectivity index (χ1) is 8.15. The molecule has 0 aliphatic heterocycles. The second-order valence-corrected chi connectivity index (χ2v) is 5.04. The fraction of sp³-hybridized carbons (Fsp3) is 0.250. The van der Waals surface area contributed by atoms with Gasteiger partial charge in [-0.2, -0.15) is 0 Å². The van der Waals surface area contributed by atoms with Crippen LogP contribution in [-0.4, -0.2) is 0 Å². The highest BCUT2D eigenvalue weighted by atomic mass is 35.5. The van der Waals surface area contributed by atoms with Crippen molar-refractivity contribution in [3.63, 3.8) is 0 Å². The summed E-state index contributed by atoms with van der Waals surface area (Å²) in [5.74, 6) is 0. The van der Waals surface area contributed by atoms with Gasteiger partial charge in [0, 0.05) is 5.02 Å². The van der Waals surface area contributed by atoms with E-state index in [9.17, 15) is 0 Å². The molecular formula is C16H17Cl. The minimum atomic E-state index is 0.786. The molecule has 0 unspecified atom stereocenters. The normalized spacial score (nSPS) is 16.5. The molecule has 0 nitrogen and oxygen atoms in total. The SMILES string of the molecule is CC1=C(C)CC(/C=C/c2ccc(Cl)cc2)=CC1. The lowest BCUT2D eigenvalue weighted by atomic mass is 9.93. The van der Waals surface area contributed by atoms with E-state index in [1.165, 1.54) is 22.3 Å². The molecule has 1 aliphatic carbocycles. The standard InChI is InChI=1S/C16H17Cl/c1-12-3-4-15(11-13(12)2)6-5-14-7-9-16(17)10-8-14/h4-10H,3,11H2,1-2H3/b6-5+. The molecule has 0 aromatic heterocycles. The molecule has 17 heavy (non-hydrogen) atoms. The van der Waals surface area contributed by atoms with Crippen molar-refractivity contribution in [1.82, 2.24) is 0 Å². The predicted molar refractivity (Wildman–Crippen MR) is 76.2 cm³/mol. The number of hydrogen-bond acceptors (Lipinski definition) is 0. The van der Waals surface area contributed by atoms with Crippen molar-refractivity contribution in [3.8, 4) is 0 Å². The smallest absolute Gasteiger partial charge is 0.0406 e. The Bertz CT molecular complexity index is 487. The molecule has 0 N–H and O–H groups in total. The van der Waals surface area contributed by atoms with Crippen molar-refractivity contribution < 1.29 is 0 Å². The zero-order chi connectivity index (χ0) is 12.3. The van der Waals surface area contributed by atoms with Crippen LogP contribution < -0.4 is 0 Å². The highest BCUT2D eigenvalue weighted by molar-refractivity contribution is 6.30. The molecule has 0 saturated carbocycles. The van der Waals surface area contributed by atoms with Crippen molar-refractivity contribution in [2.45, 2.75) is 26.7 Å². The van der Waals surface area contributed by atoms with Crippen LogP contribution in [0.2, 0.25) is 5.02 Å². The molecule has 0 amide bonds. The summed E-state index contributed by atoms with van der Waals surface area (Å²) < 4.78 is 0. The van der Waals surface area contributed by atoms with Crippen molar-refractivity contribution in [2.75, 3.05) is 0 Å². The summed E-state index contributed by atoms with van der Waals surface area (Å²) in [6.07, 6.45) is 8.84. The quantitative estimate of drug-likeness (QED) is 0.610. The van der Waals surface area contributed by atoms with Gasteiger partial charge in [0.05, 0.1) is 0 Å². The first kappa shape index (κ1) is 12.2. The second kappa shape index (κ2) is 5.37. The minimum Gasteiger partial charge on any atom is -0.0843 e. The maximum absolute atomic E-state index is 5.85. The largest absolute Gasteiger partial charge is 0.0843 e. The Morgan fingerprint density at radius 2 is 1.71 bits per heavy atom. The van der Waals surface area contributed by atoms with Crippen molar-refractivity contribution in [2.24, 2.45) is 0 Å². The van der Waals surface area contributed by atoms with Crippen LogP contribution >= 0.6 is 11.6 Å². The lowest BCUT2D eigenvalue weighted by molar-refractivity contribution is 0.997. The average Bonchev–Trinajstić information content (AvgIpc) is 2.33. The molecule has 0 heterocycles. The monoisotopic (exact) mass is 244 g/mol. The Hall–Kier alpha value is -1.27. The van der Waals surface area contributed by atoms with Crippen LogP contribution in [0.4, 0.5) is 0 Å². The zero-order valence-corrected chi connectivity index (χ0v) is 11.1. The number of allylic oxidation sites excluding steroid dienone is 5. The van der Waals surface area contributed by atoms with E-state index in [0.717, 1.165) is 17.9 Å². The van der Waals surface area contributed by atoms with Crippen LogP contribution in [0.5, 0.6) is 0 Å². The summed E-state index contributed by atoms with van der Waals surface area (Å²) >= 11 is 5.85. The van der Waals surface area contributed by atoms with Gasteiger partial charge in [0.1, 0.15) is 0 Å². The molecule has 0 bridgehead atoms. The highest BCUT2D eigenvalue weighted by Gasteiger charge is 2.04. The van der Waals surface area contributed by atoms with Gasteiger partial charge in [0.25, 0.3) is 0 Å². The Morgan fingerprint density at radius 3 is 2.35 bits per heavy atom. The third-order valence-electron chi connectivity index (χ3n) is 3.23. The summed E-state index contributed by atoms with van der Waals surface area (Å²) in [5, 5.41) is 0.786. The van der Waals surface area contributed by atoms with E-state index in [1.807, 2.05) is 24.3 Å². The number of benzene rings is 1. The van der Waals surface area contributed by atoms with Gasteiger partial charge in [-0.15, -0.1) is 0 Å². The fourth-order valence-electron chi connectivity index (χ4n) is 1.89. The molecule has 1 aromatic carbocycles. The second-order valence-electron chi connectivity index (χ2n) is 4.61. The number of halogens is 1. The van der Waals surface area contributed by atoms with E-state index in [4.69, 9.17) is 11.6 Å². The number of hydrogen-bond donors (Lipinski definition) is 0. The third kappa shape index (κ3) is 3.34. The molecule has 1 aromatic rings. The molecular weight excluding hydrogens is 228 g/mol. The van der Waals surface area contributed by atoms with Crippen LogP contribution in [0.25, 0.3) is 6.08 Å². The molecule has 1 heteroatoms. The Kier molecular flexibility index (Phi) is 3.86. The van der Waals surface area contributed by atoms with Gasteiger partial charge in [-0.05, 0) is 50.0 Å². The van der Waals surface area contributed by atoms with Crippen LogP contribution in [0, 0.1) is 0 Å². The van der Waals surface area contributed by atoms with E-state index < -0.39 is 0 Å². The van der Waals surface area contributed by atoms with E-state index in [-0.39, 0.29) is 0 Å². The minimum absolute atomic E-state index is 0.786. The highest BCUT2D eigenvalue weighted by Crippen LogP contribution is 2.25.